The molecule has 0 bridgehead atoms. The standard InChI is InChI=1S/C22H30N2O3/c1-16-8-9-20-19(14-16)24(15-17(2)27-20)22(26)11-10-21(25)23-13-12-18-6-4-3-5-7-18/h6,8-9,14,17H,3-5,7,10-13,15H2,1-2H3,(H,23,25)/t17-/m1/s1. The molecule has 1 aromatic rings. The van der Waals surface area contributed by atoms with Gasteiger partial charge in [-0.3, -0.25) is 9.59 Å². The first-order chi connectivity index (χ1) is 13.0. The number of ether oxygens (including phenoxy) is 1. The van der Waals surface area contributed by atoms with Gasteiger partial charge in [-0.1, -0.05) is 17.7 Å². The van der Waals surface area contributed by atoms with Crippen LogP contribution in [0.15, 0.2) is 29.8 Å². The minimum Gasteiger partial charge on any atom is -0.487 e. The molecule has 0 radical (unpaired) electrons. The number of anilines is 1. The predicted octanol–water partition coefficient (Wildman–Crippen LogP) is 3.90. The van der Waals surface area contributed by atoms with Gasteiger partial charge in [0.15, 0.2) is 0 Å². The van der Waals surface area contributed by atoms with E-state index in [0.717, 1.165) is 36.3 Å². The molecule has 2 aliphatic rings. The van der Waals surface area contributed by atoms with Gasteiger partial charge >= 0.3 is 0 Å². The van der Waals surface area contributed by atoms with Crippen molar-refractivity contribution >= 4 is 17.5 Å². The Kier molecular flexibility index (Phi) is 6.54. The third-order valence-corrected chi connectivity index (χ3v) is 5.19. The van der Waals surface area contributed by atoms with Crippen molar-refractivity contribution in [3.63, 3.8) is 0 Å². The SMILES string of the molecule is Cc1ccc2c(c1)N(C(=O)CCC(=O)NCCC1=CCCCC1)C[C@@H](C)O2. The number of hydrogen-bond acceptors (Lipinski definition) is 3. The minimum atomic E-state index is -0.0539. The Hall–Kier alpha value is -2.30. The normalized spacial score (nSPS) is 19.0. The summed E-state index contributed by atoms with van der Waals surface area (Å²) in [6, 6.07) is 5.86. The molecule has 0 aromatic heterocycles. The van der Waals surface area contributed by atoms with Crippen LogP contribution in [0.2, 0.25) is 0 Å². The lowest BCUT2D eigenvalue weighted by atomic mass is 9.97. The van der Waals surface area contributed by atoms with Crippen LogP contribution in [0.1, 0.15) is 57.4 Å². The van der Waals surface area contributed by atoms with E-state index in [0.29, 0.717) is 13.1 Å². The lowest BCUT2D eigenvalue weighted by Crippen LogP contribution is -2.42. The Balaban J connectivity index is 1.48. The monoisotopic (exact) mass is 370 g/mol. The number of amides is 2. The van der Waals surface area contributed by atoms with Crippen molar-refractivity contribution in [1.29, 1.82) is 0 Å². The lowest BCUT2D eigenvalue weighted by Gasteiger charge is -2.33. The number of fused-ring (bicyclic) bond motifs is 1. The molecule has 1 aliphatic heterocycles. The quantitative estimate of drug-likeness (QED) is 0.773. The van der Waals surface area contributed by atoms with Crippen LogP contribution < -0.4 is 15.0 Å². The number of nitrogens with one attached hydrogen (secondary N) is 1. The van der Waals surface area contributed by atoms with Crippen molar-refractivity contribution in [2.75, 3.05) is 18.0 Å². The van der Waals surface area contributed by atoms with E-state index in [1.807, 2.05) is 32.0 Å². The van der Waals surface area contributed by atoms with Gasteiger partial charge in [0.2, 0.25) is 11.8 Å². The zero-order chi connectivity index (χ0) is 19.2. The van der Waals surface area contributed by atoms with Crippen molar-refractivity contribution in [3.05, 3.63) is 35.4 Å². The molecule has 3 rings (SSSR count). The Labute approximate surface area is 161 Å². The molecular weight excluding hydrogens is 340 g/mol. The summed E-state index contributed by atoms with van der Waals surface area (Å²) in [5, 5.41) is 2.95. The number of allylic oxidation sites excluding steroid dienone is 1. The Bertz CT molecular complexity index is 726. The number of hydrogen-bond donors (Lipinski definition) is 1. The van der Waals surface area contributed by atoms with Crippen LogP contribution in [0.25, 0.3) is 0 Å². The first-order valence-electron chi connectivity index (χ1n) is 10.0. The van der Waals surface area contributed by atoms with E-state index in [9.17, 15) is 9.59 Å². The highest BCUT2D eigenvalue weighted by molar-refractivity contribution is 5.97. The molecular formula is C22H30N2O3. The highest BCUT2D eigenvalue weighted by atomic mass is 16.5. The fraction of sp³-hybridized carbons (Fsp3) is 0.545. The smallest absolute Gasteiger partial charge is 0.227 e. The molecule has 1 heterocycles. The van der Waals surface area contributed by atoms with Crippen molar-refractivity contribution in [2.24, 2.45) is 0 Å². The molecule has 2 amide bonds. The lowest BCUT2D eigenvalue weighted by molar-refractivity contribution is -0.125. The minimum absolute atomic E-state index is 0.0258. The highest BCUT2D eigenvalue weighted by Gasteiger charge is 2.27. The van der Waals surface area contributed by atoms with Gasteiger partial charge in [0.25, 0.3) is 0 Å². The van der Waals surface area contributed by atoms with Gasteiger partial charge in [-0.2, -0.15) is 0 Å². The Morgan fingerprint density at radius 1 is 1.26 bits per heavy atom. The van der Waals surface area contributed by atoms with Gasteiger partial charge in [-0.25, -0.2) is 0 Å². The van der Waals surface area contributed by atoms with Crippen molar-refractivity contribution in [2.45, 2.75) is 64.9 Å². The second kappa shape index (κ2) is 9.07. The number of carbonyl (C=O) groups is 2. The van der Waals surface area contributed by atoms with E-state index in [-0.39, 0.29) is 30.8 Å². The zero-order valence-corrected chi connectivity index (χ0v) is 16.4. The molecule has 27 heavy (non-hydrogen) atoms. The van der Waals surface area contributed by atoms with Crippen LogP contribution >= 0.6 is 0 Å². The van der Waals surface area contributed by atoms with Gasteiger partial charge < -0.3 is 15.0 Å². The topological polar surface area (TPSA) is 58.6 Å². The average molecular weight is 370 g/mol. The summed E-state index contributed by atoms with van der Waals surface area (Å²) in [6.07, 6.45) is 8.47. The molecule has 0 unspecified atom stereocenters. The van der Waals surface area contributed by atoms with E-state index in [1.165, 1.54) is 18.4 Å². The van der Waals surface area contributed by atoms with Gasteiger partial charge in [0, 0.05) is 19.4 Å². The molecule has 0 saturated carbocycles. The van der Waals surface area contributed by atoms with Gasteiger partial charge in [0.05, 0.1) is 12.2 Å². The van der Waals surface area contributed by atoms with Crippen molar-refractivity contribution in [1.82, 2.24) is 5.32 Å². The third-order valence-electron chi connectivity index (χ3n) is 5.19. The van der Waals surface area contributed by atoms with E-state index in [2.05, 4.69) is 11.4 Å². The molecule has 0 fully saturated rings. The van der Waals surface area contributed by atoms with Crippen LogP contribution in [-0.2, 0) is 9.59 Å². The van der Waals surface area contributed by atoms with Crippen LogP contribution in [0.3, 0.4) is 0 Å². The van der Waals surface area contributed by atoms with Crippen LogP contribution in [-0.4, -0.2) is 31.0 Å². The summed E-state index contributed by atoms with van der Waals surface area (Å²) in [7, 11) is 0. The molecule has 0 spiro atoms. The fourth-order valence-electron chi connectivity index (χ4n) is 3.72. The molecule has 1 atom stereocenters. The van der Waals surface area contributed by atoms with Crippen molar-refractivity contribution < 1.29 is 14.3 Å². The summed E-state index contributed by atoms with van der Waals surface area (Å²) in [4.78, 5) is 26.6. The van der Waals surface area contributed by atoms with Gasteiger partial charge in [0.1, 0.15) is 11.9 Å². The van der Waals surface area contributed by atoms with Crippen LogP contribution in [0.4, 0.5) is 5.69 Å². The molecule has 1 aromatic carbocycles. The number of benzene rings is 1. The van der Waals surface area contributed by atoms with Gasteiger partial charge in [-0.05, 0) is 63.6 Å². The Morgan fingerprint density at radius 2 is 2.11 bits per heavy atom. The largest absolute Gasteiger partial charge is 0.487 e. The summed E-state index contributed by atoms with van der Waals surface area (Å²) >= 11 is 0. The molecule has 5 heteroatoms. The zero-order valence-electron chi connectivity index (χ0n) is 16.4. The maximum absolute atomic E-state index is 12.7. The second-order valence-corrected chi connectivity index (χ2v) is 7.61. The van der Waals surface area contributed by atoms with Crippen molar-refractivity contribution in [3.8, 4) is 5.75 Å². The number of aryl methyl sites for hydroxylation is 1. The maximum atomic E-state index is 12.7. The fourth-order valence-corrected chi connectivity index (χ4v) is 3.72. The number of rotatable bonds is 6. The number of nitrogens with zero attached hydrogens (tertiary/aromatic N) is 1. The average Bonchev–Trinajstić information content (AvgIpc) is 2.66. The second-order valence-electron chi connectivity index (χ2n) is 7.61. The summed E-state index contributed by atoms with van der Waals surface area (Å²) in [5.74, 6) is 0.658. The predicted molar refractivity (Wildman–Crippen MR) is 107 cm³/mol. The van der Waals surface area contributed by atoms with E-state index >= 15 is 0 Å². The van der Waals surface area contributed by atoms with Crippen LogP contribution in [0, 0.1) is 6.92 Å². The van der Waals surface area contributed by atoms with E-state index in [1.54, 1.807) is 4.90 Å². The van der Waals surface area contributed by atoms with E-state index < -0.39 is 0 Å². The Morgan fingerprint density at radius 3 is 2.89 bits per heavy atom. The summed E-state index contributed by atoms with van der Waals surface area (Å²) < 4.78 is 5.83. The summed E-state index contributed by atoms with van der Waals surface area (Å²) in [6.45, 7) is 5.13. The molecule has 5 nitrogen and oxygen atoms in total. The summed E-state index contributed by atoms with van der Waals surface area (Å²) in [5.41, 5.74) is 3.34. The first kappa shape index (κ1) is 19.5. The highest BCUT2D eigenvalue weighted by Crippen LogP contribution is 2.34. The van der Waals surface area contributed by atoms with Gasteiger partial charge in [-0.15, -0.1) is 0 Å². The molecule has 0 saturated heterocycles. The molecule has 1 N–H and O–H groups in total. The third kappa shape index (κ3) is 5.34. The molecule has 1 aliphatic carbocycles. The van der Waals surface area contributed by atoms with E-state index in [4.69, 9.17) is 4.74 Å². The van der Waals surface area contributed by atoms with Crippen LogP contribution in [0.5, 0.6) is 5.75 Å². The first-order valence-corrected chi connectivity index (χ1v) is 10.0. The maximum Gasteiger partial charge on any atom is 0.227 e. The number of carbonyl (C=O) groups excluding carboxylic acids is 2. The molecule has 146 valence electrons.